The highest BCUT2D eigenvalue weighted by Gasteiger charge is 2.15. The summed E-state index contributed by atoms with van der Waals surface area (Å²) < 4.78 is 6.26. The maximum absolute atomic E-state index is 6.26. The van der Waals surface area contributed by atoms with Gasteiger partial charge in [0.15, 0.2) is 5.58 Å². The first-order valence-corrected chi connectivity index (χ1v) is 9.02. The largest absolute Gasteiger partial charge is 0.435 e. The molecule has 0 bridgehead atoms. The van der Waals surface area contributed by atoms with E-state index < -0.39 is 0 Å². The van der Waals surface area contributed by atoms with Gasteiger partial charge in [0.2, 0.25) is 5.89 Å². The molecule has 0 saturated carbocycles. The lowest BCUT2D eigenvalue weighted by Gasteiger charge is -2.04. The molecule has 2 nitrogen and oxygen atoms in total. The van der Waals surface area contributed by atoms with Crippen molar-refractivity contribution in [3.63, 3.8) is 0 Å². The van der Waals surface area contributed by atoms with Gasteiger partial charge in [-0.25, -0.2) is 4.98 Å². The van der Waals surface area contributed by atoms with E-state index in [4.69, 9.17) is 9.40 Å². The van der Waals surface area contributed by atoms with Crippen LogP contribution in [0.1, 0.15) is 25.3 Å². The molecule has 26 heavy (non-hydrogen) atoms. The van der Waals surface area contributed by atoms with E-state index in [-0.39, 0.29) is 0 Å². The van der Waals surface area contributed by atoms with Crippen molar-refractivity contribution in [2.24, 2.45) is 0 Å². The minimum atomic E-state index is 0.514. The molecule has 5 aromatic rings. The maximum atomic E-state index is 6.26. The van der Waals surface area contributed by atoms with Crippen molar-refractivity contribution in [2.45, 2.75) is 19.8 Å². The van der Waals surface area contributed by atoms with Crippen molar-refractivity contribution in [3.05, 3.63) is 78.4 Å². The summed E-state index contributed by atoms with van der Waals surface area (Å²) in [7, 11) is 0. The Morgan fingerprint density at radius 1 is 0.692 bits per heavy atom. The zero-order valence-corrected chi connectivity index (χ0v) is 14.9. The summed E-state index contributed by atoms with van der Waals surface area (Å²) in [5, 5.41) is 4.66. The summed E-state index contributed by atoms with van der Waals surface area (Å²) in [4.78, 5) is 4.87. The minimum Gasteiger partial charge on any atom is -0.435 e. The summed E-state index contributed by atoms with van der Waals surface area (Å²) >= 11 is 0. The van der Waals surface area contributed by atoms with Crippen LogP contribution in [-0.4, -0.2) is 4.98 Å². The van der Waals surface area contributed by atoms with E-state index in [2.05, 4.69) is 86.6 Å². The first-order valence-electron chi connectivity index (χ1n) is 9.02. The third kappa shape index (κ3) is 2.22. The highest BCUT2D eigenvalue weighted by Crippen LogP contribution is 2.37. The van der Waals surface area contributed by atoms with Gasteiger partial charge < -0.3 is 4.42 Å². The number of rotatable bonds is 2. The third-order valence-corrected chi connectivity index (χ3v) is 5.10. The summed E-state index contributed by atoms with van der Waals surface area (Å²) in [5.74, 6) is 1.19. The maximum Gasteiger partial charge on any atom is 0.227 e. The number of nitrogens with zero attached hydrogens (tertiary/aromatic N) is 1. The lowest BCUT2D eigenvalue weighted by atomic mass is 10.0. The molecule has 0 spiro atoms. The molecule has 1 heterocycles. The van der Waals surface area contributed by atoms with Gasteiger partial charge in [-0.1, -0.05) is 74.5 Å². The van der Waals surface area contributed by atoms with Crippen molar-refractivity contribution >= 4 is 32.6 Å². The Morgan fingerprint density at radius 2 is 1.27 bits per heavy atom. The Hall–Kier alpha value is -3.13. The number of aromatic nitrogens is 1. The van der Waals surface area contributed by atoms with Gasteiger partial charge >= 0.3 is 0 Å². The number of oxazole rings is 1. The predicted molar refractivity (Wildman–Crippen MR) is 109 cm³/mol. The summed E-state index contributed by atoms with van der Waals surface area (Å²) in [6, 6.07) is 25.3. The molecule has 0 aliphatic carbocycles. The van der Waals surface area contributed by atoms with Crippen LogP contribution in [0.25, 0.3) is 44.1 Å². The summed E-state index contributed by atoms with van der Waals surface area (Å²) in [6.45, 7) is 4.40. The summed E-state index contributed by atoms with van der Waals surface area (Å²) in [6.07, 6.45) is 0. The molecule has 0 fully saturated rings. The number of fused-ring (bicyclic) bond motifs is 6. The molecule has 0 aliphatic heterocycles. The van der Waals surface area contributed by atoms with Crippen molar-refractivity contribution in [2.75, 3.05) is 0 Å². The lowest BCUT2D eigenvalue weighted by molar-refractivity contribution is 0.623. The average molecular weight is 337 g/mol. The monoisotopic (exact) mass is 337 g/mol. The van der Waals surface area contributed by atoms with Gasteiger partial charge in [-0.2, -0.15) is 0 Å². The van der Waals surface area contributed by atoms with Gasteiger partial charge in [-0.15, -0.1) is 0 Å². The standard InChI is InChI=1S/C24H19NO/c1-15(2)16-11-13-17(14-12-16)24-25-22-20-9-5-3-7-18(20)19-8-4-6-10-21(19)23(22)26-24/h3-15H,1-2H3. The molecule has 0 saturated heterocycles. The first kappa shape index (κ1) is 15.2. The Morgan fingerprint density at radius 3 is 1.92 bits per heavy atom. The van der Waals surface area contributed by atoms with Gasteiger partial charge in [-0.3, -0.25) is 0 Å². The molecule has 0 aliphatic rings. The second kappa shape index (κ2) is 5.70. The topological polar surface area (TPSA) is 26.0 Å². The van der Waals surface area contributed by atoms with E-state index in [9.17, 15) is 0 Å². The second-order valence-corrected chi connectivity index (χ2v) is 7.06. The van der Waals surface area contributed by atoms with E-state index in [1.165, 1.54) is 16.3 Å². The van der Waals surface area contributed by atoms with Crippen LogP contribution in [-0.2, 0) is 0 Å². The molecule has 0 unspecified atom stereocenters. The predicted octanol–water partition coefficient (Wildman–Crippen LogP) is 6.92. The molecule has 0 radical (unpaired) electrons. The molecule has 0 atom stereocenters. The van der Waals surface area contributed by atoms with Crippen molar-refractivity contribution < 1.29 is 4.42 Å². The van der Waals surface area contributed by atoms with Crippen LogP contribution in [0.2, 0.25) is 0 Å². The normalized spacial score (nSPS) is 11.8. The minimum absolute atomic E-state index is 0.514. The molecular weight excluding hydrogens is 318 g/mol. The molecule has 5 rings (SSSR count). The fourth-order valence-corrected chi connectivity index (χ4v) is 3.66. The Balaban J connectivity index is 1.82. The molecule has 2 heteroatoms. The Kier molecular flexibility index (Phi) is 3.32. The average Bonchev–Trinajstić information content (AvgIpc) is 3.14. The van der Waals surface area contributed by atoms with Crippen LogP contribution >= 0.6 is 0 Å². The fraction of sp³-hybridized carbons (Fsp3) is 0.125. The zero-order chi connectivity index (χ0) is 17.7. The van der Waals surface area contributed by atoms with Crippen molar-refractivity contribution in [3.8, 4) is 11.5 Å². The number of hydrogen-bond donors (Lipinski definition) is 0. The fourth-order valence-electron chi connectivity index (χ4n) is 3.66. The van der Waals surface area contributed by atoms with Gasteiger partial charge in [0, 0.05) is 16.3 Å². The molecule has 126 valence electrons. The molecule has 0 N–H and O–H groups in total. The van der Waals surface area contributed by atoms with Gasteiger partial charge in [0.25, 0.3) is 0 Å². The van der Waals surface area contributed by atoms with Crippen LogP contribution in [0.4, 0.5) is 0 Å². The highest BCUT2D eigenvalue weighted by molar-refractivity contribution is 6.22. The van der Waals surface area contributed by atoms with E-state index in [0.29, 0.717) is 11.8 Å². The van der Waals surface area contributed by atoms with E-state index in [0.717, 1.165) is 27.4 Å². The van der Waals surface area contributed by atoms with Gasteiger partial charge in [0.1, 0.15) is 5.52 Å². The van der Waals surface area contributed by atoms with Crippen molar-refractivity contribution in [1.29, 1.82) is 0 Å². The Labute approximate surface area is 152 Å². The molecule has 0 amide bonds. The van der Waals surface area contributed by atoms with Crippen LogP contribution < -0.4 is 0 Å². The quantitative estimate of drug-likeness (QED) is 0.327. The SMILES string of the molecule is CC(C)c1ccc(-c2nc3c4ccccc4c4ccccc4c3o2)cc1. The molecule has 1 aromatic heterocycles. The van der Waals surface area contributed by atoms with Crippen molar-refractivity contribution in [1.82, 2.24) is 4.98 Å². The van der Waals surface area contributed by atoms with Crippen LogP contribution in [0, 0.1) is 0 Å². The lowest BCUT2D eigenvalue weighted by Crippen LogP contribution is -1.86. The van der Waals surface area contributed by atoms with Crippen LogP contribution in [0.15, 0.2) is 77.2 Å². The third-order valence-electron chi connectivity index (χ3n) is 5.10. The van der Waals surface area contributed by atoms with Crippen LogP contribution in [0.3, 0.4) is 0 Å². The zero-order valence-electron chi connectivity index (χ0n) is 14.9. The molecule has 4 aromatic carbocycles. The van der Waals surface area contributed by atoms with E-state index >= 15 is 0 Å². The van der Waals surface area contributed by atoms with Gasteiger partial charge in [-0.05, 0) is 34.4 Å². The first-order chi connectivity index (χ1) is 12.7. The van der Waals surface area contributed by atoms with Gasteiger partial charge in [0.05, 0.1) is 0 Å². The summed E-state index contributed by atoms with van der Waals surface area (Å²) in [5.41, 5.74) is 4.13. The van der Waals surface area contributed by atoms with E-state index in [1.807, 2.05) is 0 Å². The smallest absolute Gasteiger partial charge is 0.227 e. The molecular formula is C24H19NO. The number of benzene rings is 4. The number of hydrogen-bond acceptors (Lipinski definition) is 2. The van der Waals surface area contributed by atoms with E-state index in [1.54, 1.807) is 0 Å². The Bertz CT molecular complexity index is 1170. The highest BCUT2D eigenvalue weighted by atomic mass is 16.3. The second-order valence-electron chi connectivity index (χ2n) is 7.06. The van der Waals surface area contributed by atoms with Crippen LogP contribution in [0.5, 0.6) is 0 Å².